The van der Waals surface area contributed by atoms with Crippen molar-refractivity contribution in [1.29, 1.82) is 0 Å². The number of hydrogen-bond donors (Lipinski definition) is 1. The minimum atomic E-state index is -0.199. The van der Waals surface area contributed by atoms with Crippen molar-refractivity contribution in [2.75, 3.05) is 13.1 Å². The quantitative estimate of drug-likeness (QED) is 0.709. The van der Waals surface area contributed by atoms with Crippen molar-refractivity contribution in [3.05, 3.63) is 0 Å². The number of piperidine rings is 1. The van der Waals surface area contributed by atoms with Gasteiger partial charge in [-0.15, -0.1) is 11.8 Å². The number of likely N-dealkylation sites (tertiary alicyclic amines) is 1. The molecule has 3 heteroatoms. The summed E-state index contributed by atoms with van der Waals surface area (Å²) >= 11 is 1.72. The summed E-state index contributed by atoms with van der Waals surface area (Å²) in [7, 11) is 0. The smallest absolute Gasteiger partial charge is 0.0967 e. The fourth-order valence-electron chi connectivity index (χ4n) is 1.81. The second kappa shape index (κ2) is 5.23. The van der Waals surface area contributed by atoms with Crippen LogP contribution in [-0.4, -0.2) is 39.8 Å². The summed E-state index contributed by atoms with van der Waals surface area (Å²) in [5, 5.41) is 9.90. The molecule has 1 heterocycles. The van der Waals surface area contributed by atoms with E-state index in [1.165, 1.54) is 25.9 Å². The molecule has 1 atom stereocenters. The Kier molecular flexibility index (Phi) is 4.56. The van der Waals surface area contributed by atoms with Crippen LogP contribution in [0.2, 0.25) is 0 Å². The lowest BCUT2D eigenvalue weighted by molar-refractivity contribution is 0.187. The minimum absolute atomic E-state index is 0.199. The molecule has 0 spiro atoms. The lowest BCUT2D eigenvalue weighted by Crippen LogP contribution is -2.39. The van der Waals surface area contributed by atoms with E-state index in [0.29, 0.717) is 11.3 Å². The van der Waals surface area contributed by atoms with Crippen molar-refractivity contribution >= 4 is 11.8 Å². The summed E-state index contributed by atoms with van der Waals surface area (Å²) in [6.45, 7) is 8.76. The summed E-state index contributed by atoms with van der Waals surface area (Å²) in [5.74, 6) is 0. The molecular weight excluding hydrogens is 182 g/mol. The van der Waals surface area contributed by atoms with Crippen molar-refractivity contribution in [2.45, 2.75) is 50.3 Å². The van der Waals surface area contributed by atoms with E-state index in [1.807, 2.05) is 6.92 Å². The Balaban J connectivity index is 2.22. The highest BCUT2D eigenvalue weighted by Crippen LogP contribution is 2.26. The van der Waals surface area contributed by atoms with Crippen LogP contribution < -0.4 is 0 Å². The Morgan fingerprint density at radius 3 is 2.15 bits per heavy atom. The first-order chi connectivity index (χ1) is 6.09. The van der Waals surface area contributed by atoms with E-state index in [1.54, 1.807) is 11.8 Å². The summed E-state index contributed by atoms with van der Waals surface area (Å²) < 4.78 is 0. The molecule has 0 aromatic carbocycles. The van der Waals surface area contributed by atoms with Crippen LogP contribution in [0.15, 0.2) is 0 Å². The molecule has 0 radical (unpaired) electrons. The lowest BCUT2D eigenvalue weighted by Gasteiger charge is -2.34. The number of thioether (sulfide) groups is 1. The van der Waals surface area contributed by atoms with Gasteiger partial charge in [-0.25, -0.2) is 0 Å². The molecule has 1 aliphatic rings. The third-order valence-corrected chi connectivity index (χ3v) is 3.85. The van der Waals surface area contributed by atoms with E-state index < -0.39 is 0 Å². The molecule has 1 N–H and O–H groups in total. The fourth-order valence-corrected chi connectivity index (χ4v) is 2.85. The zero-order valence-electron chi connectivity index (χ0n) is 8.86. The van der Waals surface area contributed by atoms with Gasteiger partial charge < -0.3 is 10.0 Å². The average molecular weight is 203 g/mol. The Morgan fingerprint density at radius 2 is 1.77 bits per heavy atom. The number of aliphatic hydroxyl groups excluding tert-OH is 1. The Bertz CT molecular complexity index is 142. The number of aliphatic hydroxyl groups is 1. The topological polar surface area (TPSA) is 23.5 Å². The molecule has 0 aromatic heterocycles. The fraction of sp³-hybridized carbons (Fsp3) is 1.00. The Morgan fingerprint density at radius 1 is 1.23 bits per heavy atom. The zero-order chi connectivity index (χ0) is 9.84. The second-order valence-electron chi connectivity index (χ2n) is 4.06. The van der Waals surface area contributed by atoms with E-state index in [9.17, 15) is 5.11 Å². The first kappa shape index (κ1) is 11.3. The van der Waals surface area contributed by atoms with Gasteiger partial charge in [-0.2, -0.15) is 0 Å². The molecular formula is C10H21NOS. The highest BCUT2D eigenvalue weighted by Gasteiger charge is 2.21. The molecule has 0 amide bonds. The third-order valence-electron chi connectivity index (χ3n) is 2.60. The van der Waals surface area contributed by atoms with Crippen LogP contribution in [-0.2, 0) is 0 Å². The Labute approximate surface area is 85.7 Å². The molecule has 1 unspecified atom stereocenters. The lowest BCUT2D eigenvalue weighted by atomic mass is 10.1. The SMILES string of the molecule is CC(O)SC1CCN(C(C)C)CC1. The molecule has 2 nitrogen and oxygen atoms in total. The number of hydrogen-bond acceptors (Lipinski definition) is 3. The van der Waals surface area contributed by atoms with Crippen molar-refractivity contribution in [3.8, 4) is 0 Å². The largest absolute Gasteiger partial charge is 0.383 e. The van der Waals surface area contributed by atoms with Gasteiger partial charge in [0.25, 0.3) is 0 Å². The van der Waals surface area contributed by atoms with Crippen LogP contribution in [0.3, 0.4) is 0 Å². The zero-order valence-corrected chi connectivity index (χ0v) is 9.68. The van der Waals surface area contributed by atoms with E-state index in [4.69, 9.17) is 0 Å². The first-order valence-corrected chi connectivity index (χ1v) is 6.11. The summed E-state index contributed by atoms with van der Waals surface area (Å²) in [5.41, 5.74) is -0.199. The van der Waals surface area contributed by atoms with Gasteiger partial charge in [0.05, 0.1) is 5.44 Å². The molecule has 1 aliphatic heterocycles. The van der Waals surface area contributed by atoms with Crippen LogP contribution in [0.4, 0.5) is 0 Å². The summed E-state index contributed by atoms with van der Waals surface area (Å²) in [4.78, 5) is 2.51. The molecule has 13 heavy (non-hydrogen) atoms. The van der Waals surface area contributed by atoms with Gasteiger partial charge in [-0.05, 0) is 46.7 Å². The maximum absolute atomic E-state index is 9.23. The predicted octanol–water partition coefficient (Wildman–Crippen LogP) is 1.93. The molecule has 78 valence electrons. The monoisotopic (exact) mass is 203 g/mol. The average Bonchev–Trinajstić information content (AvgIpc) is 2.04. The maximum Gasteiger partial charge on any atom is 0.0967 e. The molecule has 0 aromatic rings. The summed E-state index contributed by atoms with van der Waals surface area (Å²) in [6.07, 6.45) is 2.46. The van der Waals surface area contributed by atoms with Gasteiger partial charge in [-0.1, -0.05) is 0 Å². The van der Waals surface area contributed by atoms with E-state index in [0.717, 1.165) is 0 Å². The minimum Gasteiger partial charge on any atom is -0.383 e. The molecule has 0 saturated carbocycles. The van der Waals surface area contributed by atoms with Crippen molar-refractivity contribution < 1.29 is 5.11 Å². The number of nitrogens with zero attached hydrogens (tertiary/aromatic N) is 1. The van der Waals surface area contributed by atoms with Gasteiger partial charge in [0.2, 0.25) is 0 Å². The van der Waals surface area contributed by atoms with Crippen LogP contribution >= 0.6 is 11.8 Å². The van der Waals surface area contributed by atoms with Gasteiger partial charge in [0.15, 0.2) is 0 Å². The molecule has 1 saturated heterocycles. The van der Waals surface area contributed by atoms with Crippen molar-refractivity contribution in [3.63, 3.8) is 0 Å². The predicted molar refractivity (Wildman–Crippen MR) is 59.0 cm³/mol. The summed E-state index contributed by atoms with van der Waals surface area (Å²) in [6, 6.07) is 0.678. The molecule has 1 rings (SSSR count). The Hall–Kier alpha value is 0.270. The van der Waals surface area contributed by atoms with E-state index >= 15 is 0 Å². The second-order valence-corrected chi connectivity index (χ2v) is 5.69. The van der Waals surface area contributed by atoms with Crippen LogP contribution in [0, 0.1) is 0 Å². The van der Waals surface area contributed by atoms with Crippen LogP contribution in [0.1, 0.15) is 33.6 Å². The molecule has 0 aliphatic carbocycles. The van der Waals surface area contributed by atoms with Crippen LogP contribution in [0.5, 0.6) is 0 Å². The van der Waals surface area contributed by atoms with Gasteiger partial charge in [0, 0.05) is 11.3 Å². The van der Waals surface area contributed by atoms with E-state index in [-0.39, 0.29) is 5.44 Å². The van der Waals surface area contributed by atoms with Gasteiger partial charge in [0.1, 0.15) is 0 Å². The van der Waals surface area contributed by atoms with Crippen molar-refractivity contribution in [2.24, 2.45) is 0 Å². The number of rotatable bonds is 3. The molecule has 0 bridgehead atoms. The standard InChI is InChI=1S/C10H21NOS/c1-8(2)11-6-4-10(5-7-11)13-9(3)12/h8-10,12H,4-7H2,1-3H3. The van der Waals surface area contributed by atoms with Gasteiger partial charge >= 0.3 is 0 Å². The van der Waals surface area contributed by atoms with E-state index in [2.05, 4.69) is 18.7 Å². The first-order valence-electron chi connectivity index (χ1n) is 5.17. The maximum atomic E-state index is 9.23. The van der Waals surface area contributed by atoms with Crippen LogP contribution in [0.25, 0.3) is 0 Å². The third kappa shape index (κ3) is 3.88. The highest BCUT2D eigenvalue weighted by molar-refractivity contribution is 8.00. The normalized spacial score (nSPS) is 23.8. The van der Waals surface area contributed by atoms with Gasteiger partial charge in [-0.3, -0.25) is 0 Å². The highest BCUT2D eigenvalue weighted by atomic mass is 32.2. The molecule has 1 fully saturated rings. The van der Waals surface area contributed by atoms with Crippen molar-refractivity contribution in [1.82, 2.24) is 4.90 Å².